The molecule has 4 N–H and O–H groups in total. The second-order valence-electron chi connectivity index (χ2n) is 13.9. The van der Waals surface area contributed by atoms with Gasteiger partial charge in [-0.25, -0.2) is 4.98 Å². The quantitative estimate of drug-likeness (QED) is 0.0594. The van der Waals surface area contributed by atoms with E-state index in [2.05, 4.69) is 32.4 Å². The molecule has 1 saturated heterocycles. The molecule has 0 spiro atoms. The number of aryl methyl sites for hydroxylation is 1. The molecule has 334 valence electrons. The van der Waals surface area contributed by atoms with Crippen LogP contribution in [-0.2, 0) is 45.9 Å². The van der Waals surface area contributed by atoms with E-state index in [0.717, 1.165) is 37.3 Å². The average molecular weight is 857 g/mol. The molecule has 2 aromatic carbocycles. The molecule has 0 aliphatic carbocycles. The first-order valence-electron chi connectivity index (χ1n) is 20.3. The van der Waals surface area contributed by atoms with Gasteiger partial charge in [0, 0.05) is 57.1 Å². The van der Waals surface area contributed by atoms with Crippen molar-refractivity contribution in [3.05, 3.63) is 88.9 Å². The molecule has 5 rings (SSSR count). The summed E-state index contributed by atoms with van der Waals surface area (Å²) in [4.78, 5) is 17.3. The number of rotatable bonds is 24. The summed E-state index contributed by atoms with van der Waals surface area (Å²) in [5.41, 5.74) is 13.4. The van der Waals surface area contributed by atoms with Gasteiger partial charge >= 0.3 is 6.18 Å². The van der Waals surface area contributed by atoms with Gasteiger partial charge in [0.2, 0.25) is 6.41 Å². The molecule has 1 aliphatic heterocycles. The number of likely N-dealkylation sites (N-methyl/N-ethyl adjacent to an activating group) is 1. The van der Waals surface area contributed by atoms with E-state index in [0.29, 0.717) is 126 Å². The largest absolute Gasteiger partial charge is 0.491 e. The molecular formula is C44H59F3N6O8. The highest BCUT2D eigenvalue weighted by atomic mass is 19.4. The topological polar surface area (TPSA) is 158 Å². The van der Waals surface area contributed by atoms with Crippen LogP contribution in [0.15, 0.2) is 60.9 Å². The molecule has 0 radical (unpaired) electrons. The van der Waals surface area contributed by atoms with Gasteiger partial charge in [-0.15, -0.1) is 0 Å². The first-order chi connectivity index (χ1) is 29.6. The van der Waals surface area contributed by atoms with Crippen molar-refractivity contribution in [3.8, 4) is 28.7 Å². The molecule has 1 amide bonds. The number of hydrogen-bond acceptors (Lipinski definition) is 12. The minimum Gasteiger partial charge on any atom is -0.491 e. The van der Waals surface area contributed by atoms with Crippen molar-refractivity contribution >= 4 is 12.1 Å². The van der Waals surface area contributed by atoms with E-state index >= 15 is 0 Å². The van der Waals surface area contributed by atoms with Crippen LogP contribution in [0.2, 0.25) is 0 Å². The molecule has 0 bridgehead atoms. The number of carbonyl (C=O) groups is 1. The first-order valence-corrected chi connectivity index (χ1v) is 20.3. The number of alkyl halides is 3. The Morgan fingerprint density at radius 2 is 1.28 bits per heavy atom. The molecule has 1 fully saturated rings. The Hall–Kier alpha value is -4.61. The van der Waals surface area contributed by atoms with Crippen molar-refractivity contribution in [2.24, 2.45) is 11.5 Å². The minimum atomic E-state index is -4.46. The number of benzene rings is 2. The summed E-state index contributed by atoms with van der Waals surface area (Å²) in [6.45, 7) is 12.0. The predicted molar refractivity (Wildman–Crippen MR) is 225 cm³/mol. The number of carbonyl (C=O) groups excluding carboxylic acids is 1. The van der Waals surface area contributed by atoms with E-state index in [1.807, 2.05) is 54.9 Å². The van der Waals surface area contributed by atoms with Crippen LogP contribution in [0.25, 0.3) is 16.8 Å². The molecule has 14 nitrogen and oxygen atoms in total. The van der Waals surface area contributed by atoms with Crippen LogP contribution in [0.4, 0.5) is 13.2 Å². The predicted octanol–water partition coefficient (Wildman–Crippen LogP) is 4.01. The Morgan fingerprint density at radius 3 is 1.85 bits per heavy atom. The number of amides is 1. The maximum Gasteiger partial charge on any atom is 0.416 e. The summed E-state index contributed by atoms with van der Waals surface area (Å²) in [5.74, 6) is 7.05. The van der Waals surface area contributed by atoms with Crippen molar-refractivity contribution in [2.75, 3.05) is 126 Å². The number of nitrogens with two attached hydrogens (primary N) is 2. The number of aromatic nitrogens is 2. The third-order valence-electron chi connectivity index (χ3n) is 9.40. The monoisotopic (exact) mass is 856 g/mol. The van der Waals surface area contributed by atoms with Gasteiger partial charge in [-0.1, -0.05) is 30.2 Å². The maximum atomic E-state index is 14.3. The Bertz CT molecular complexity index is 1950. The van der Waals surface area contributed by atoms with E-state index in [1.165, 1.54) is 6.07 Å². The number of primary amides is 1. The van der Waals surface area contributed by atoms with E-state index in [-0.39, 0.29) is 13.0 Å². The highest BCUT2D eigenvalue weighted by Crippen LogP contribution is 2.36. The number of pyridine rings is 1. The SMILES string of the molecule is Cc1ccc(-c2ccc(CN3CCN(C)CC3)c(C(F)(F)F)c2)cc1C#Cc1cnc2cc(OCCOCCOCCOCCOCCOCCOCCN)ccn12.NC=O. The van der Waals surface area contributed by atoms with Crippen LogP contribution < -0.4 is 16.2 Å². The lowest BCUT2D eigenvalue weighted by atomic mass is 9.95. The van der Waals surface area contributed by atoms with Gasteiger partial charge in [-0.3, -0.25) is 14.1 Å². The van der Waals surface area contributed by atoms with Gasteiger partial charge in [-0.2, -0.15) is 13.2 Å². The van der Waals surface area contributed by atoms with Gasteiger partial charge in [0.1, 0.15) is 23.7 Å². The molecule has 3 heterocycles. The van der Waals surface area contributed by atoms with Gasteiger partial charge in [0.25, 0.3) is 0 Å². The van der Waals surface area contributed by atoms with E-state index < -0.39 is 11.7 Å². The zero-order chi connectivity index (χ0) is 43.7. The second-order valence-corrected chi connectivity index (χ2v) is 13.9. The molecular weight excluding hydrogens is 798 g/mol. The first kappa shape index (κ1) is 49.0. The lowest BCUT2D eigenvalue weighted by molar-refractivity contribution is -0.138. The zero-order valence-electron chi connectivity index (χ0n) is 35.1. The molecule has 0 saturated carbocycles. The van der Waals surface area contributed by atoms with Crippen LogP contribution in [0.3, 0.4) is 0 Å². The normalized spacial score (nSPS) is 13.4. The number of ether oxygens (including phenoxy) is 7. The molecule has 0 atom stereocenters. The third-order valence-corrected chi connectivity index (χ3v) is 9.40. The number of fused-ring (bicyclic) bond motifs is 1. The van der Waals surface area contributed by atoms with Crippen LogP contribution in [0.1, 0.15) is 27.9 Å². The minimum absolute atomic E-state index is 0.250. The fraction of sp³-hybridized carbons (Fsp3) is 0.500. The van der Waals surface area contributed by atoms with Gasteiger partial charge in [0.15, 0.2) is 0 Å². The lowest BCUT2D eigenvalue weighted by Crippen LogP contribution is -2.44. The van der Waals surface area contributed by atoms with Gasteiger partial charge in [0.05, 0.1) is 91.0 Å². The molecule has 61 heavy (non-hydrogen) atoms. The molecule has 4 aromatic rings. The van der Waals surface area contributed by atoms with E-state index in [4.69, 9.17) is 43.7 Å². The maximum absolute atomic E-state index is 14.3. The van der Waals surface area contributed by atoms with E-state index in [1.54, 1.807) is 18.3 Å². The molecule has 1 aliphatic rings. The Morgan fingerprint density at radius 1 is 0.738 bits per heavy atom. The number of imidazole rings is 1. The summed E-state index contributed by atoms with van der Waals surface area (Å²) in [5, 5.41) is 0. The number of hydrogen-bond donors (Lipinski definition) is 2. The Balaban J connectivity index is 0.00000265. The van der Waals surface area contributed by atoms with Crippen LogP contribution in [0.5, 0.6) is 5.75 Å². The number of piperazine rings is 1. The standard InChI is InChI=1S/C43H56F3N5O7.CH3NO/c1-34-3-4-36(37-5-6-38(41(30-37)43(44,45)46)33-50-14-12-49(2)13-15-50)29-35(34)7-8-39-32-48-42-31-40(9-11-51(39)42)58-28-27-57-26-25-56-24-23-55-22-21-54-20-19-53-18-17-52-16-10-47;2-1-3/h3-6,9,11,29-32H,10,12-28,33,47H2,1-2H3;1H,(H2,2,3). The van der Waals surface area contributed by atoms with Crippen molar-refractivity contribution in [1.29, 1.82) is 0 Å². The van der Waals surface area contributed by atoms with Gasteiger partial charge < -0.3 is 49.5 Å². The van der Waals surface area contributed by atoms with Gasteiger partial charge in [-0.05, 0) is 60.3 Å². The number of halogens is 3. The smallest absolute Gasteiger partial charge is 0.416 e. The number of nitrogens with zero attached hydrogens (tertiary/aromatic N) is 4. The summed E-state index contributed by atoms with van der Waals surface area (Å²) >= 11 is 0. The Kier molecular flexibility index (Phi) is 22.0. The fourth-order valence-corrected chi connectivity index (χ4v) is 6.12. The van der Waals surface area contributed by atoms with Crippen molar-refractivity contribution in [3.63, 3.8) is 0 Å². The van der Waals surface area contributed by atoms with Crippen LogP contribution >= 0.6 is 0 Å². The summed E-state index contributed by atoms with van der Waals surface area (Å²) in [6.07, 6.45) is -0.688. The van der Waals surface area contributed by atoms with Crippen molar-refractivity contribution in [1.82, 2.24) is 19.2 Å². The van der Waals surface area contributed by atoms with Crippen LogP contribution in [-0.4, -0.2) is 151 Å². The summed E-state index contributed by atoms with van der Waals surface area (Å²) in [6, 6.07) is 13.9. The highest BCUT2D eigenvalue weighted by Gasteiger charge is 2.34. The molecule has 17 heteroatoms. The highest BCUT2D eigenvalue weighted by molar-refractivity contribution is 5.68. The third kappa shape index (κ3) is 17.7. The van der Waals surface area contributed by atoms with Crippen molar-refractivity contribution in [2.45, 2.75) is 19.6 Å². The molecule has 2 aromatic heterocycles. The summed E-state index contributed by atoms with van der Waals surface area (Å²) in [7, 11) is 2.03. The summed E-state index contributed by atoms with van der Waals surface area (Å²) < 4.78 is 83.2. The second kappa shape index (κ2) is 27.4. The Labute approximate surface area is 356 Å². The van der Waals surface area contributed by atoms with Crippen LogP contribution in [0, 0.1) is 18.8 Å². The zero-order valence-corrected chi connectivity index (χ0v) is 35.1. The fourth-order valence-electron chi connectivity index (χ4n) is 6.12. The average Bonchev–Trinajstić information content (AvgIpc) is 3.65. The van der Waals surface area contributed by atoms with Crippen molar-refractivity contribution < 1.29 is 51.1 Å². The molecule has 0 unspecified atom stereocenters. The lowest BCUT2D eigenvalue weighted by Gasteiger charge is -2.33. The van der Waals surface area contributed by atoms with E-state index in [9.17, 15) is 13.2 Å².